The van der Waals surface area contributed by atoms with E-state index < -0.39 is 11.6 Å². The summed E-state index contributed by atoms with van der Waals surface area (Å²) in [6.45, 7) is 5.34. The van der Waals surface area contributed by atoms with Crippen LogP contribution in [0.2, 0.25) is 10.0 Å². The maximum atomic E-state index is 11.5. The molecule has 0 amide bonds. The van der Waals surface area contributed by atoms with E-state index in [1.165, 1.54) is 24.3 Å². The van der Waals surface area contributed by atoms with Crippen molar-refractivity contribution in [1.29, 1.82) is 0 Å². The molecule has 0 saturated carbocycles. The lowest BCUT2D eigenvalue weighted by Gasteiger charge is -2.17. The molecule has 0 unspecified atom stereocenters. The van der Waals surface area contributed by atoms with Gasteiger partial charge >= 0.3 is 5.97 Å². The Bertz CT molecular complexity index is 528. The first-order valence-corrected chi connectivity index (χ1v) is 6.34. The summed E-state index contributed by atoms with van der Waals surface area (Å²) in [4.78, 5) is 22.2. The first-order valence-electron chi connectivity index (χ1n) is 5.58. The van der Waals surface area contributed by atoms with Gasteiger partial charge in [0.05, 0.1) is 5.02 Å². The minimum Gasteiger partial charge on any atom is -0.457 e. The number of rotatable bonds is 3. The van der Waals surface area contributed by atoms with Crippen molar-refractivity contribution in [3.05, 3.63) is 39.4 Å². The van der Waals surface area contributed by atoms with Crippen LogP contribution >= 0.6 is 23.2 Å². The van der Waals surface area contributed by atoms with E-state index in [1.807, 2.05) is 0 Å². The maximum Gasteiger partial charge on any atom is 0.331 e. The summed E-state index contributed by atoms with van der Waals surface area (Å²) in [6.07, 6.45) is 3.38. The van der Waals surface area contributed by atoms with Crippen LogP contribution < -0.4 is 0 Å². The summed E-state index contributed by atoms with van der Waals surface area (Å²) in [6, 6.07) is 2.97. The third kappa shape index (κ3) is 5.05. The van der Waals surface area contributed by atoms with Gasteiger partial charge in [0.2, 0.25) is 0 Å². The number of halogens is 2. The zero-order valence-corrected chi connectivity index (χ0v) is 12.4. The van der Waals surface area contributed by atoms with Crippen LogP contribution in [0.5, 0.6) is 0 Å². The van der Waals surface area contributed by atoms with Gasteiger partial charge in [-0.15, -0.1) is 0 Å². The van der Waals surface area contributed by atoms with E-state index in [1.54, 1.807) is 20.8 Å². The number of aldehydes is 1. The summed E-state index contributed by atoms with van der Waals surface area (Å²) in [7, 11) is 0. The van der Waals surface area contributed by atoms with Gasteiger partial charge in [0, 0.05) is 16.7 Å². The molecule has 0 atom stereocenters. The molecule has 3 nitrogen and oxygen atoms in total. The molecule has 0 aliphatic carbocycles. The predicted octanol–water partition coefficient (Wildman–Crippen LogP) is 4.16. The van der Waals surface area contributed by atoms with Gasteiger partial charge in [0.25, 0.3) is 0 Å². The fraction of sp³-hybridized carbons (Fsp3) is 0.286. The summed E-state index contributed by atoms with van der Waals surface area (Å²) in [5.74, 6) is -0.473. The highest BCUT2D eigenvalue weighted by Gasteiger charge is 2.14. The molecule has 0 bridgehead atoms. The summed E-state index contributed by atoms with van der Waals surface area (Å²) in [5, 5.41) is 0.620. The fourth-order valence-corrected chi connectivity index (χ4v) is 1.74. The molecule has 0 aromatic heterocycles. The minimum atomic E-state index is -0.551. The first kappa shape index (κ1) is 15.7. The molecule has 1 aromatic carbocycles. The topological polar surface area (TPSA) is 43.4 Å². The molecule has 0 radical (unpaired) electrons. The molecular weight excluding hydrogens is 287 g/mol. The van der Waals surface area contributed by atoms with Crippen LogP contribution in [0, 0.1) is 0 Å². The number of esters is 1. The number of hydrogen-bond donors (Lipinski definition) is 0. The number of hydrogen-bond acceptors (Lipinski definition) is 3. The third-order valence-electron chi connectivity index (χ3n) is 2.05. The molecule has 102 valence electrons. The largest absolute Gasteiger partial charge is 0.457 e. The van der Waals surface area contributed by atoms with Crippen molar-refractivity contribution in [2.45, 2.75) is 26.4 Å². The zero-order chi connectivity index (χ0) is 14.6. The molecule has 1 rings (SSSR count). The Balaban J connectivity index is 2.91. The van der Waals surface area contributed by atoms with Crippen molar-refractivity contribution in [3.8, 4) is 0 Å². The summed E-state index contributed by atoms with van der Waals surface area (Å²) >= 11 is 11.9. The summed E-state index contributed by atoms with van der Waals surface area (Å²) < 4.78 is 5.12. The van der Waals surface area contributed by atoms with Crippen LogP contribution in [0.15, 0.2) is 18.2 Å². The second-order valence-electron chi connectivity index (χ2n) is 4.88. The Hall–Kier alpha value is -1.32. The van der Waals surface area contributed by atoms with E-state index in [4.69, 9.17) is 27.9 Å². The van der Waals surface area contributed by atoms with Gasteiger partial charge in [-0.1, -0.05) is 23.2 Å². The highest BCUT2D eigenvalue weighted by molar-refractivity contribution is 6.36. The molecule has 0 heterocycles. The average molecular weight is 301 g/mol. The van der Waals surface area contributed by atoms with Gasteiger partial charge in [-0.2, -0.15) is 0 Å². The number of ether oxygens (including phenoxy) is 1. The molecule has 19 heavy (non-hydrogen) atoms. The number of benzene rings is 1. The van der Waals surface area contributed by atoms with Crippen LogP contribution in [0.4, 0.5) is 0 Å². The van der Waals surface area contributed by atoms with E-state index in [9.17, 15) is 9.59 Å². The van der Waals surface area contributed by atoms with E-state index in [-0.39, 0.29) is 5.02 Å². The molecule has 1 aromatic rings. The van der Waals surface area contributed by atoms with Crippen LogP contribution in [0.3, 0.4) is 0 Å². The lowest BCUT2D eigenvalue weighted by molar-refractivity contribution is -0.148. The maximum absolute atomic E-state index is 11.5. The quantitative estimate of drug-likeness (QED) is 0.478. The predicted molar refractivity (Wildman–Crippen MR) is 76.7 cm³/mol. The highest BCUT2D eigenvalue weighted by Crippen LogP contribution is 2.25. The molecular formula is C14H14Cl2O3. The van der Waals surface area contributed by atoms with Crippen LogP contribution in [0.1, 0.15) is 36.7 Å². The minimum absolute atomic E-state index is 0.281. The van der Waals surface area contributed by atoms with E-state index in [2.05, 4.69) is 0 Å². The van der Waals surface area contributed by atoms with E-state index in [0.717, 1.165) is 0 Å². The van der Waals surface area contributed by atoms with E-state index in [0.29, 0.717) is 22.4 Å². The average Bonchev–Trinajstić information content (AvgIpc) is 2.27. The van der Waals surface area contributed by atoms with Gasteiger partial charge in [0.1, 0.15) is 5.60 Å². The van der Waals surface area contributed by atoms with Crippen LogP contribution in [-0.4, -0.2) is 17.9 Å². The smallest absolute Gasteiger partial charge is 0.331 e. The molecule has 0 aliphatic heterocycles. The van der Waals surface area contributed by atoms with E-state index >= 15 is 0 Å². The fourth-order valence-electron chi connectivity index (χ4n) is 1.29. The molecule has 0 N–H and O–H groups in total. The lowest BCUT2D eigenvalue weighted by Crippen LogP contribution is -2.22. The zero-order valence-electron chi connectivity index (χ0n) is 10.9. The number of carbonyl (C=O) groups excluding carboxylic acids is 2. The Morgan fingerprint density at radius 3 is 2.21 bits per heavy atom. The Labute approximate surface area is 122 Å². The lowest BCUT2D eigenvalue weighted by atomic mass is 10.1. The van der Waals surface area contributed by atoms with Crippen LogP contribution in [0.25, 0.3) is 6.08 Å². The second-order valence-corrected chi connectivity index (χ2v) is 5.69. The molecule has 0 saturated heterocycles. The van der Waals surface area contributed by atoms with Crippen molar-refractivity contribution in [2.24, 2.45) is 0 Å². The van der Waals surface area contributed by atoms with Crippen molar-refractivity contribution in [2.75, 3.05) is 0 Å². The van der Waals surface area contributed by atoms with Crippen LogP contribution in [-0.2, 0) is 9.53 Å². The first-order chi connectivity index (χ1) is 8.73. The Kier molecular flexibility index (Phi) is 5.15. The normalized spacial score (nSPS) is 11.6. The van der Waals surface area contributed by atoms with Crippen molar-refractivity contribution >= 4 is 41.5 Å². The molecule has 5 heteroatoms. The third-order valence-corrected chi connectivity index (χ3v) is 2.70. The van der Waals surface area contributed by atoms with Gasteiger partial charge in [0.15, 0.2) is 6.29 Å². The molecule has 0 spiro atoms. The van der Waals surface area contributed by atoms with Gasteiger partial charge in [-0.3, -0.25) is 4.79 Å². The Morgan fingerprint density at radius 2 is 1.68 bits per heavy atom. The Morgan fingerprint density at radius 1 is 1.16 bits per heavy atom. The van der Waals surface area contributed by atoms with Gasteiger partial charge < -0.3 is 4.74 Å². The summed E-state index contributed by atoms with van der Waals surface area (Å²) in [5.41, 5.74) is 0.300. The van der Waals surface area contributed by atoms with Crippen molar-refractivity contribution in [3.63, 3.8) is 0 Å². The molecule has 0 aliphatic rings. The van der Waals surface area contributed by atoms with Gasteiger partial charge in [-0.05, 0) is 44.5 Å². The standard InChI is InChI=1S/C14H14Cl2O3/c1-14(2,3)19-13(18)5-4-9-6-12(16)10(8-17)7-11(9)15/h4-8H,1-3H3. The molecule has 0 fully saturated rings. The second kappa shape index (κ2) is 6.22. The van der Waals surface area contributed by atoms with Gasteiger partial charge in [-0.25, -0.2) is 4.79 Å². The number of carbonyl (C=O) groups is 2. The highest BCUT2D eigenvalue weighted by atomic mass is 35.5. The SMILES string of the molecule is CC(C)(C)OC(=O)C=Cc1cc(Cl)c(C=O)cc1Cl. The van der Waals surface area contributed by atoms with Crippen molar-refractivity contribution < 1.29 is 14.3 Å². The monoisotopic (exact) mass is 300 g/mol. The van der Waals surface area contributed by atoms with Crippen molar-refractivity contribution in [1.82, 2.24) is 0 Å².